The van der Waals surface area contributed by atoms with Gasteiger partial charge in [-0.15, -0.1) is 0 Å². The second kappa shape index (κ2) is 5.65. The van der Waals surface area contributed by atoms with Crippen molar-refractivity contribution < 1.29 is 9.47 Å². The normalized spacial score (nSPS) is 10.1. The first-order valence-corrected chi connectivity index (χ1v) is 5.87. The second-order valence-corrected chi connectivity index (χ2v) is 4.23. The highest BCUT2D eigenvalue weighted by Gasteiger charge is 2.00. The number of nitrogen functional groups attached to an aromatic ring is 1. The summed E-state index contributed by atoms with van der Waals surface area (Å²) in [6.45, 7) is 0.476. The van der Waals surface area contributed by atoms with Crippen molar-refractivity contribution in [3.8, 4) is 11.5 Å². The standard InChI is InChI=1S/C14H14ClNO2/c1-17-11-4-2-10(3-5-11)9-18-12-6-7-14(16)13(15)8-12/h2-8H,9,16H2,1H3. The fourth-order valence-electron chi connectivity index (χ4n) is 1.49. The Hall–Kier alpha value is -1.87. The summed E-state index contributed by atoms with van der Waals surface area (Å²) in [5.74, 6) is 1.53. The molecular weight excluding hydrogens is 250 g/mol. The van der Waals surface area contributed by atoms with E-state index in [4.69, 9.17) is 26.8 Å². The average Bonchev–Trinajstić information content (AvgIpc) is 2.41. The molecule has 0 aliphatic rings. The van der Waals surface area contributed by atoms with Gasteiger partial charge < -0.3 is 15.2 Å². The predicted molar refractivity (Wildman–Crippen MR) is 73.2 cm³/mol. The topological polar surface area (TPSA) is 44.5 Å². The molecule has 0 aliphatic heterocycles. The monoisotopic (exact) mass is 263 g/mol. The molecule has 0 radical (unpaired) electrons. The first-order chi connectivity index (χ1) is 8.69. The molecule has 0 heterocycles. The van der Waals surface area contributed by atoms with Gasteiger partial charge in [0, 0.05) is 6.07 Å². The van der Waals surface area contributed by atoms with Gasteiger partial charge in [0.15, 0.2) is 0 Å². The van der Waals surface area contributed by atoms with Crippen molar-refractivity contribution in [1.29, 1.82) is 0 Å². The lowest BCUT2D eigenvalue weighted by Crippen LogP contribution is -1.96. The number of hydrogen-bond donors (Lipinski definition) is 1. The molecule has 2 N–H and O–H groups in total. The third-order valence-corrected chi connectivity index (χ3v) is 2.86. The van der Waals surface area contributed by atoms with Crippen LogP contribution in [0.25, 0.3) is 0 Å². The molecule has 18 heavy (non-hydrogen) atoms. The van der Waals surface area contributed by atoms with E-state index in [0.29, 0.717) is 23.1 Å². The fraction of sp³-hybridized carbons (Fsp3) is 0.143. The summed E-state index contributed by atoms with van der Waals surface area (Å²) in [7, 11) is 1.64. The number of anilines is 1. The van der Waals surface area contributed by atoms with Crippen molar-refractivity contribution in [1.82, 2.24) is 0 Å². The molecule has 3 nitrogen and oxygen atoms in total. The van der Waals surface area contributed by atoms with E-state index in [9.17, 15) is 0 Å². The van der Waals surface area contributed by atoms with Crippen molar-refractivity contribution in [3.63, 3.8) is 0 Å². The summed E-state index contributed by atoms with van der Waals surface area (Å²) < 4.78 is 10.7. The summed E-state index contributed by atoms with van der Waals surface area (Å²) in [6, 6.07) is 12.9. The first-order valence-electron chi connectivity index (χ1n) is 5.50. The zero-order chi connectivity index (χ0) is 13.0. The number of benzene rings is 2. The Bertz CT molecular complexity index is 526. The molecule has 0 saturated heterocycles. The fourth-order valence-corrected chi connectivity index (χ4v) is 1.66. The van der Waals surface area contributed by atoms with Crippen LogP contribution in [0.2, 0.25) is 5.02 Å². The predicted octanol–water partition coefficient (Wildman–Crippen LogP) is 3.51. The molecular formula is C14H14ClNO2. The minimum atomic E-state index is 0.476. The van der Waals surface area contributed by atoms with Crippen LogP contribution in [0.4, 0.5) is 5.69 Å². The molecule has 0 aromatic heterocycles. The summed E-state index contributed by atoms with van der Waals surface area (Å²) in [4.78, 5) is 0. The average molecular weight is 264 g/mol. The van der Waals surface area contributed by atoms with E-state index in [1.54, 1.807) is 25.3 Å². The largest absolute Gasteiger partial charge is 0.497 e. The van der Waals surface area contributed by atoms with Gasteiger partial charge in [0.05, 0.1) is 17.8 Å². The van der Waals surface area contributed by atoms with E-state index >= 15 is 0 Å². The summed E-state index contributed by atoms with van der Waals surface area (Å²) >= 11 is 5.91. The number of rotatable bonds is 4. The Kier molecular flexibility index (Phi) is 3.95. The van der Waals surface area contributed by atoms with Crippen LogP contribution in [0.3, 0.4) is 0 Å². The maximum Gasteiger partial charge on any atom is 0.121 e. The van der Waals surface area contributed by atoms with Gasteiger partial charge >= 0.3 is 0 Å². The zero-order valence-corrected chi connectivity index (χ0v) is 10.8. The highest BCUT2D eigenvalue weighted by atomic mass is 35.5. The number of ether oxygens (including phenoxy) is 2. The third-order valence-electron chi connectivity index (χ3n) is 2.54. The van der Waals surface area contributed by atoms with Gasteiger partial charge in [0.1, 0.15) is 18.1 Å². The first kappa shape index (κ1) is 12.6. The Morgan fingerprint density at radius 2 is 1.72 bits per heavy atom. The molecule has 0 bridgehead atoms. The van der Waals surface area contributed by atoms with Crippen LogP contribution < -0.4 is 15.2 Å². The van der Waals surface area contributed by atoms with Crippen LogP contribution >= 0.6 is 11.6 Å². The van der Waals surface area contributed by atoms with E-state index in [-0.39, 0.29) is 0 Å². The Morgan fingerprint density at radius 1 is 1.06 bits per heavy atom. The Morgan fingerprint density at radius 3 is 2.33 bits per heavy atom. The highest BCUT2D eigenvalue weighted by molar-refractivity contribution is 6.33. The summed E-state index contributed by atoms with van der Waals surface area (Å²) in [5.41, 5.74) is 7.24. The molecule has 94 valence electrons. The highest BCUT2D eigenvalue weighted by Crippen LogP contribution is 2.24. The van der Waals surface area contributed by atoms with Gasteiger partial charge in [-0.3, -0.25) is 0 Å². The molecule has 2 rings (SSSR count). The van der Waals surface area contributed by atoms with E-state index in [1.165, 1.54) is 0 Å². The lowest BCUT2D eigenvalue weighted by molar-refractivity contribution is 0.306. The number of hydrogen-bond acceptors (Lipinski definition) is 3. The van der Waals surface area contributed by atoms with Crippen LogP contribution in [-0.4, -0.2) is 7.11 Å². The van der Waals surface area contributed by atoms with Crippen LogP contribution in [0.5, 0.6) is 11.5 Å². The van der Waals surface area contributed by atoms with E-state index in [0.717, 1.165) is 11.3 Å². The minimum absolute atomic E-state index is 0.476. The number of halogens is 1. The van der Waals surface area contributed by atoms with Gasteiger partial charge in [-0.05, 0) is 29.8 Å². The van der Waals surface area contributed by atoms with Gasteiger partial charge in [-0.1, -0.05) is 23.7 Å². The van der Waals surface area contributed by atoms with Crippen molar-refractivity contribution in [2.45, 2.75) is 6.61 Å². The number of nitrogens with two attached hydrogens (primary N) is 1. The quantitative estimate of drug-likeness (QED) is 0.859. The van der Waals surface area contributed by atoms with Crippen molar-refractivity contribution in [2.75, 3.05) is 12.8 Å². The zero-order valence-electron chi connectivity index (χ0n) is 10.0. The molecule has 0 unspecified atom stereocenters. The van der Waals surface area contributed by atoms with Crippen molar-refractivity contribution in [3.05, 3.63) is 53.1 Å². The van der Waals surface area contributed by atoms with E-state index < -0.39 is 0 Å². The van der Waals surface area contributed by atoms with E-state index in [1.807, 2.05) is 24.3 Å². The number of methoxy groups -OCH3 is 1. The lowest BCUT2D eigenvalue weighted by atomic mass is 10.2. The molecule has 0 saturated carbocycles. The maximum atomic E-state index is 5.91. The van der Waals surface area contributed by atoms with Gasteiger partial charge in [0.2, 0.25) is 0 Å². The molecule has 0 aliphatic carbocycles. The molecule has 0 amide bonds. The van der Waals surface area contributed by atoms with Gasteiger partial charge in [-0.2, -0.15) is 0 Å². The molecule has 0 spiro atoms. The molecule has 2 aromatic rings. The summed E-state index contributed by atoms with van der Waals surface area (Å²) in [6.07, 6.45) is 0. The third kappa shape index (κ3) is 3.08. The molecule has 2 aromatic carbocycles. The SMILES string of the molecule is COc1ccc(COc2ccc(N)c(Cl)c2)cc1. The van der Waals surface area contributed by atoms with Crippen molar-refractivity contribution in [2.24, 2.45) is 0 Å². The van der Waals surface area contributed by atoms with Crippen LogP contribution in [0.1, 0.15) is 5.56 Å². The Labute approximate surface area is 111 Å². The molecule has 0 fully saturated rings. The van der Waals surface area contributed by atoms with E-state index in [2.05, 4.69) is 0 Å². The van der Waals surface area contributed by atoms with Crippen LogP contribution in [0, 0.1) is 0 Å². The molecule has 0 atom stereocenters. The van der Waals surface area contributed by atoms with Crippen LogP contribution in [-0.2, 0) is 6.61 Å². The molecule has 4 heteroatoms. The van der Waals surface area contributed by atoms with Crippen LogP contribution in [0.15, 0.2) is 42.5 Å². The van der Waals surface area contributed by atoms with Crippen molar-refractivity contribution >= 4 is 17.3 Å². The Balaban J connectivity index is 1.99. The minimum Gasteiger partial charge on any atom is -0.497 e. The smallest absolute Gasteiger partial charge is 0.121 e. The summed E-state index contributed by atoms with van der Waals surface area (Å²) in [5, 5.41) is 0.502. The van der Waals surface area contributed by atoms with Gasteiger partial charge in [-0.25, -0.2) is 0 Å². The maximum absolute atomic E-state index is 5.91. The van der Waals surface area contributed by atoms with Gasteiger partial charge in [0.25, 0.3) is 0 Å². The lowest BCUT2D eigenvalue weighted by Gasteiger charge is -2.08. The second-order valence-electron chi connectivity index (χ2n) is 3.82.